The number of imidazole rings is 1. The van der Waals surface area contributed by atoms with Crippen LogP contribution in [0.1, 0.15) is 75.2 Å². The number of H-pyrrole nitrogens is 1. The highest BCUT2D eigenvalue weighted by Gasteiger charge is 2.41. The minimum atomic E-state index is -4.20. The molecule has 3 heterocycles. The predicted octanol–water partition coefficient (Wildman–Crippen LogP) is 7.71. The van der Waals surface area contributed by atoms with Crippen LogP contribution in [0, 0.1) is 17.3 Å². The Kier molecular flexibility index (Phi) is 10.5. The standard InChI is InChI=1S/C32H39Cl2F4N7O2/c1-31(2,3)29(47)40-16-18-6-9-22(33)25(24(18)34)42-30-41-23-14-21(27(43-26(23)44-30)45-12-10-20(35)11-13-45)28(46)39-15-17-4-7-19(8-5-17)32(36,37)38/h6,9,14,17,19-20H,4-5,7-8,10-13,15-16H2,1-3H3,(H,39,46)(H,40,47)(H2,41,42,43,44). The molecule has 3 aromatic rings. The number of carbonyl (C=O) groups excluding carboxylic acids is 2. The molecule has 2 aromatic heterocycles. The highest BCUT2D eigenvalue weighted by Crippen LogP contribution is 2.40. The van der Waals surface area contributed by atoms with Crippen molar-refractivity contribution in [3.63, 3.8) is 0 Å². The molecule has 15 heteroatoms. The number of benzene rings is 1. The molecule has 4 N–H and O–H groups in total. The molecule has 1 saturated heterocycles. The Bertz CT molecular complexity index is 1610. The summed E-state index contributed by atoms with van der Waals surface area (Å²) in [6.45, 7) is 6.58. The fourth-order valence-corrected chi connectivity index (χ4v) is 6.42. The average Bonchev–Trinajstić information content (AvgIpc) is 3.42. The first kappa shape index (κ1) is 35.0. The van der Waals surface area contributed by atoms with Gasteiger partial charge in [0.1, 0.15) is 12.0 Å². The summed E-state index contributed by atoms with van der Waals surface area (Å²) in [5.74, 6) is -1.31. The van der Waals surface area contributed by atoms with E-state index in [0.717, 1.165) is 0 Å². The molecule has 0 spiro atoms. The summed E-state index contributed by atoms with van der Waals surface area (Å²) in [5, 5.41) is 9.47. The van der Waals surface area contributed by atoms with E-state index in [1.165, 1.54) is 0 Å². The monoisotopic (exact) mass is 699 g/mol. The van der Waals surface area contributed by atoms with Crippen LogP contribution in [0.3, 0.4) is 0 Å². The molecular weight excluding hydrogens is 661 g/mol. The Labute approximate surface area is 280 Å². The van der Waals surface area contributed by atoms with Crippen LogP contribution in [-0.2, 0) is 11.3 Å². The molecular formula is C32H39Cl2F4N7O2. The van der Waals surface area contributed by atoms with Gasteiger partial charge in [-0.15, -0.1) is 0 Å². The van der Waals surface area contributed by atoms with Crippen molar-refractivity contribution in [2.45, 2.75) is 78.2 Å². The van der Waals surface area contributed by atoms with E-state index in [4.69, 9.17) is 28.2 Å². The second-order valence-corrected chi connectivity index (χ2v) is 14.2. The molecule has 0 bridgehead atoms. The molecule has 2 fully saturated rings. The second-order valence-electron chi connectivity index (χ2n) is 13.4. The van der Waals surface area contributed by atoms with Crippen LogP contribution in [-0.4, -0.2) is 58.7 Å². The van der Waals surface area contributed by atoms with Gasteiger partial charge >= 0.3 is 6.18 Å². The number of hydrogen-bond acceptors (Lipinski definition) is 6. The van der Waals surface area contributed by atoms with Gasteiger partial charge in [-0.05, 0) is 62.1 Å². The third-order valence-electron chi connectivity index (χ3n) is 8.82. The number of pyridine rings is 1. The summed E-state index contributed by atoms with van der Waals surface area (Å²) in [6.07, 6.45) is -3.70. The predicted molar refractivity (Wildman–Crippen MR) is 175 cm³/mol. The van der Waals surface area contributed by atoms with E-state index in [2.05, 4.69) is 25.9 Å². The number of amides is 2. The third kappa shape index (κ3) is 8.40. The van der Waals surface area contributed by atoms with Crippen LogP contribution in [0.15, 0.2) is 18.2 Å². The molecule has 5 rings (SSSR count). The summed E-state index contributed by atoms with van der Waals surface area (Å²) < 4.78 is 53.3. The molecule has 0 radical (unpaired) electrons. The Balaban J connectivity index is 1.37. The zero-order valence-corrected chi connectivity index (χ0v) is 28.0. The van der Waals surface area contributed by atoms with E-state index in [-0.39, 0.29) is 49.3 Å². The fraction of sp³-hybridized carbons (Fsp3) is 0.562. The SMILES string of the molecule is CC(C)(C)C(=O)NCc1ccc(Cl)c(Nc2nc3nc(N4CCC(F)CC4)c(C(=O)NCC4CCC(C(F)(F)F)CC4)cc3[nH]2)c1Cl. The number of fused-ring (bicyclic) bond motifs is 1. The normalized spacial score (nSPS) is 19.6. The number of nitrogens with zero attached hydrogens (tertiary/aromatic N) is 3. The lowest BCUT2D eigenvalue weighted by Crippen LogP contribution is -2.38. The van der Waals surface area contributed by atoms with Gasteiger partial charge in [-0.25, -0.2) is 9.37 Å². The van der Waals surface area contributed by atoms with Gasteiger partial charge in [0, 0.05) is 31.6 Å². The maximum absolute atomic E-state index is 14.0. The van der Waals surface area contributed by atoms with Crippen molar-refractivity contribution in [2.75, 3.05) is 29.9 Å². The summed E-state index contributed by atoms with van der Waals surface area (Å²) in [4.78, 5) is 40.1. The average molecular weight is 701 g/mol. The lowest BCUT2D eigenvalue weighted by Gasteiger charge is -2.31. The highest BCUT2D eigenvalue weighted by atomic mass is 35.5. The highest BCUT2D eigenvalue weighted by molar-refractivity contribution is 6.39. The first-order valence-electron chi connectivity index (χ1n) is 15.8. The van der Waals surface area contributed by atoms with Gasteiger partial charge in [-0.1, -0.05) is 50.0 Å². The van der Waals surface area contributed by atoms with Crippen molar-refractivity contribution in [1.29, 1.82) is 0 Å². The molecule has 256 valence electrons. The van der Waals surface area contributed by atoms with E-state index in [9.17, 15) is 27.2 Å². The van der Waals surface area contributed by atoms with Crippen molar-refractivity contribution in [3.05, 3.63) is 39.4 Å². The number of alkyl halides is 4. The van der Waals surface area contributed by atoms with Gasteiger partial charge in [0.2, 0.25) is 11.9 Å². The number of nitrogens with one attached hydrogen (secondary N) is 4. The molecule has 2 amide bonds. The summed E-state index contributed by atoms with van der Waals surface area (Å²) in [7, 11) is 0. The zero-order valence-electron chi connectivity index (χ0n) is 26.5. The van der Waals surface area contributed by atoms with E-state index < -0.39 is 29.6 Å². The number of carbonyl (C=O) groups is 2. The molecule has 9 nitrogen and oxygen atoms in total. The molecule has 0 atom stereocenters. The van der Waals surface area contributed by atoms with Gasteiger partial charge in [-0.2, -0.15) is 18.2 Å². The lowest BCUT2D eigenvalue weighted by atomic mass is 9.81. The number of hydrogen-bond donors (Lipinski definition) is 4. The third-order valence-corrected chi connectivity index (χ3v) is 9.56. The number of rotatable bonds is 8. The van der Waals surface area contributed by atoms with Crippen molar-refractivity contribution in [2.24, 2.45) is 17.3 Å². The maximum atomic E-state index is 14.0. The van der Waals surface area contributed by atoms with E-state index in [1.54, 1.807) is 18.2 Å². The maximum Gasteiger partial charge on any atom is 0.391 e. The van der Waals surface area contributed by atoms with Gasteiger partial charge in [0.05, 0.1) is 32.7 Å². The van der Waals surface area contributed by atoms with Crippen LogP contribution in [0.25, 0.3) is 11.2 Å². The summed E-state index contributed by atoms with van der Waals surface area (Å²) in [5.41, 5.74) is 1.41. The number of piperidine rings is 1. The molecule has 1 saturated carbocycles. The largest absolute Gasteiger partial charge is 0.391 e. The van der Waals surface area contributed by atoms with Crippen LogP contribution in [0.5, 0.6) is 0 Å². The topological polar surface area (TPSA) is 115 Å². The van der Waals surface area contributed by atoms with Crippen molar-refractivity contribution in [1.82, 2.24) is 25.6 Å². The van der Waals surface area contributed by atoms with E-state index in [1.807, 2.05) is 25.7 Å². The summed E-state index contributed by atoms with van der Waals surface area (Å²) >= 11 is 13.2. The van der Waals surface area contributed by atoms with Crippen LogP contribution in [0.2, 0.25) is 10.0 Å². The zero-order chi connectivity index (χ0) is 34.1. The van der Waals surface area contributed by atoms with E-state index >= 15 is 0 Å². The molecule has 47 heavy (non-hydrogen) atoms. The minimum absolute atomic E-state index is 0.0490. The van der Waals surface area contributed by atoms with Crippen molar-refractivity contribution < 1.29 is 27.2 Å². The Morgan fingerprint density at radius 2 is 1.68 bits per heavy atom. The van der Waals surface area contributed by atoms with Crippen molar-refractivity contribution >= 4 is 63.6 Å². The quantitative estimate of drug-likeness (QED) is 0.179. The van der Waals surface area contributed by atoms with Gasteiger partial charge in [-0.3, -0.25) is 9.59 Å². The lowest BCUT2D eigenvalue weighted by molar-refractivity contribution is -0.183. The van der Waals surface area contributed by atoms with Gasteiger partial charge in [0.25, 0.3) is 5.91 Å². The van der Waals surface area contributed by atoms with Gasteiger partial charge in [0.15, 0.2) is 5.65 Å². The Morgan fingerprint density at radius 3 is 2.32 bits per heavy atom. The first-order valence-corrected chi connectivity index (χ1v) is 16.5. The Morgan fingerprint density at radius 1 is 1.00 bits per heavy atom. The number of aromatic amines is 1. The van der Waals surface area contributed by atoms with Crippen LogP contribution >= 0.6 is 23.2 Å². The smallest absolute Gasteiger partial charge is 0.356 e. The molecule has 2 aliphatic rings. The van der Waals surface area contributed by atoms with E-state index in [0.29, 0.717) is 77.1 Å². The molecule has 0 unspecified atom stereocenters. The molecule has 1 aliphatic heterocycles. The fourth-order valence-electron chi connectivity index (χ4n) is 5.89. The summed E-state index contributed by atoms with van der Waals surface area (Å²) in [6, 6.07) is 4.99. The molecule has 1 aromatic carbocycles. The molecule has 1 aliphatic carbocycles. The minimum Gasteiger partial charge on any atom is -0.356 e. The van der Waals surface area contributed by atoms with Crippen molar-refractivity contribution in [3.8, 4) is 0 Å². The van der Waals surface area contributed by atoms with Crippen LogP contribution < -0.4 is 20.9 Å². The first-order chi connectivity index (χ1) is 22.1. The van der Waals surface area contributed by atoms with Crippen LogP contribution in [0.4, 0.5) is 35.0 Å². The number of halogens is 6. The Hall–Kier alpha value is -3.32. The second kappa shape index (κ2) is 14.0. The van der Waals surface area contributed by atoms with Gasteiger partial charge < -0.3 is 25.8 Å². The number of anilines is 3. The number of aromatic nitrogens is 3.